The van der Waals surface area contributed by atoms with Gasteiger partial charge in [-0.15, -0.1) is 0 Å². The van der Waals surface area contributed by atoms with Crippen LogP contribution in [0.25, 0.3) is 0 Å². The van der Waals surface area contributed by atoms with Crippen molar-refractivity contribution in [3.63, 3.8) is 0 Å². The van der Waals surface area contributed by atoms with E-state index in [0.29, 0.717) is 16.9 Å². The standard InChI is InChI=1S/C10H12N2O2/c1-6(13)5-9(14)8-3-4-12-7(2)10(8)11/h3-4H,5,11H2,1-2H3. The Labute approximate surface area is 82.1 Å². The second kappa shape index (κ2) is 4.00. The van der Waals surface area contributed by atoms with Crippen molar-refractivity contribution in [1.82, 2.24) is 4.98 Å². The van der Waals surface area contributed by atoms with Gasteiger partial charge in [-0.05, 0) is 19.9 Å². The molecule has 4 heteroatoms. The number of rotatable bonds is 3. The van der Waals surface area contributed by atoms with Crippen molar-refractivity contribution in [1.29, 1.82) is 0 Å². The molecule has 1 aromatic heterocycles. The molecule has 0 atom stereocenters. The third-order valence-corrected chi connectivity index (χ3v) is 1.90. The molecule has 1 rings (SSSR count). The number of hydrogen-bond donors (Lipinski definition) is 1. The highest BCUT2D eigenvalue weighted by atomic mass is 16.1. The van der Waals surface area contributed by atoms with Gasteiger partial charge in [0.15, 0.2) is 5.78 Å². The van der Waals surface area contributed by atoms with Gasteiger partial charge in [0.2, 0.25) is 0 Å². The maximum absolute atomic E-state index is 11.5. The fraction of sp³-hybridized carbons (Fsp3) is 0.300. The third-order valence-electron chi connectivity index (χ3n) is 1.90. The number of hydrogen-bond acceptors (Lipinski definition) is 4. The Balaban J connectivity index is 3.01. The van der Waals surface area contributed by atoms with Crippen LogP contribution in [0.1, 0.15) is 29.4 Å². The molecule has 0 aliphatic rings. The van der Waals surface area contributed by atoms with Gasteiger partial charge in [-0.2, -0.15) is 0 Å². The molecule has 0 bridgehead atoms. The molecule has 1 heterocycles. The van der Waals surface area contributed by atoms with E-state index in [9.17, 15) is 9.59 Å². The van der Waals surface area contributed by atoms with Gasteiger partial charge >= 0.3 is 0 Å². The highest BCUT2D eigenvalue weighted by molar-refractivity contribution is 6.10. The molecule has 0 unspecified atom stereocenters. The Kier molecular flexibility index (Phi) is 2.96. The van der Waals surface area contributed by atoms with Gasteiger partial charge in [-0.1, -0.05) is 0 Å². The minimum absolute atomic E-state index is 0.104. The number of carbonyl (C=O) groups excluding carboxylic acids is 2. The summed E-state index contributed by atoms with van der Waals surface area (Å²) >= 11 is 0. The van der Waals surface area contributed by atoms with Crippen molar-refractivity contribution in [3.8, 4) is 0 Å². The highest BCUT2D eigenvalue weighted by Crippen LogP contribution is 2.15. The fourth-order valence-corrected chi connectivity index (χ4v) is 1.14. The van der Waals surface area contributed by atoms with Gasteiger partial charge in [0.05, 0.1) is 17.8 Å². The molecule has 2 N–H and O–H groups in total. The average Bonchev–Trinajstić information content (AvgIpc) is 2.08. The number of ketones is 2. The lowest BCUT2D eigenvalue weighted by Gasteiger charge is -2.04. The van der Waals surface area contributed by atoms with Crippen LogP contribution in [0.5, 0.6) is 0 Å². The molecule has 0 radical (unpaired) electrons. The minimum Gasteiger partial charge on any atom is -0.397 e. The van der Waals surface area contributed by atoms with E-state index >= 15 is 0 Å². The van der Waals surface area contributed by atoms with Crippen LogP contribution in [0.4, 0.5) is 5.69 Å². The van der Waals surface area contributed by atoms with Crippen molar-refractivity contribution < 1.29 is 9.59 Å². The number of nitrogen functional groups attached to an aromatic ring is 1. The van der Waals surface area contributed by atoms with Crippen LogP contribution >= 0.6 is 0 Å². The van der Waals surface area contributed by atoms with Gasteiger partial charge in [-0.25, -0.2) is 0 Å². The normalized spacial score (nSPS) is 9.86. The smallest absolute Gasteiger partial charge is 0.172 e. The number of Topliss-reactive ketones (excluding diaryl/α,β-unsaturated/α-hetero) is 2. The zero-order chi connectivity index (χ0) is 10.7. The summed E-state index contributed by atoms with van der Waals surface area (Å²) in [6.07, 6.45) is 1.41. The van der Waals surface area contributed by atoms with E-state index in [1.54, 1.807) is 6.92 Å². The number of anilines is 1. The van der Waals surface area contributed by atoms with Gasteiger partial charge in [-0.3, -0.25) is 14.6 Å². The van der Waals surface area contributed by atoms with E-state index in [-0.39, 0.29) is 18.0 Å². The summed E-state index contributed by atoms with van der Waals surface area (Å²) in [4.78, 5) is 26.2. The van der Waals surface area contributed by atoms with E-state index in [4.69, 9.17) is 5.73 Å². The summed E-state index contributed by atoms with van der Waals surface area (Å²) in [5, 5.41) is 0. The van der Waals surface area contributed by atoms with Crippen LogP contribution in [0.2, 0.25) is 0 Å². The van der Waals surface area contributed by atoms with Crippen LogP contribution < -0.4 is 5.73 Å². The highest BCUT2D eigenvalue weighted by Gasteiger charge is 2.12. The predicted molar refractivity (Wildman–Crippen MR) is 53.0 cm³/mol. The second-order valence-electron chi connectivity index (χ2n) is 3.16. The van der Waals surface area contributed by atoms with Crippen LogP contribution in [0.3, 0.4) is 0 Å². The van der Waals surface area contributed by atoms with E-state index in [2.05, 4.69) is 4.98 Å². The first-order valence-electron chi connectivity index (χ1n) is 4.26. The molecular formula is C10H12N2O2. The van der Waals surface area contributed by atoms with Crippen molar-refractivity contribution >= 4 is 17.3 Å². The number of pyridine rings is 1. The molecule has 0 saturated carbocycles. The Bertz CT molecular complexity index is 386. The summed E-state index contributed by atoms with van der Waals surface area (Å²) < 4.78 is 0. The number of carbonyl (C=O) groups is 2. The summed E-state index contributed by atoms with van der Waals surface area (Å²) in [6.45, 7) is 3.10. The first kappa shape index (κ1) is 10.4. The Hall–Kier alpha value is -1.71. The van der Waals surface area contributed by atoms with Crippen molar-refractivity contribution in [2.45, 2.75) is 20.3 Å². The van der Waals surface area contributed by atoms with E-state index < -0.39 is 0 Å². The van der Waals surface area contributed by atoms with E-state index in [1.165, 1.54) is 19.2 Å². The molecule has 0 aromatic carbocycles. The Morgan fingerprint density at radius 1 is 1.50 bits per heavy atom. The molecule has 74 valence electrons. The zero-order valence-corrected chi connectivity index (χ0v) is 8.20. The van der Waals surface area contributed by atoms with Crippen LogP contribution in [-0.2, 0) is 4.79 Å². The molecule has 1 aromatic rings. The monoisotopic (exact) mass is 192 g/mol. The minimum atomic E-state index is -0.250. The molecule has 0 aliphatic heterocycles. The number of aromatic nitrogens is 1. The van der Waals surface area contributed by atoms with Gasteiger partial charge in [0.25, 0.3) is 0 Å². The maximum atomic E-state index is 11.5. The zero-order valence-electron chi connectivity index (χ0n) is 8.20. The summed E-state index contributed by atoms with van der Waals surface area (Å²) in [5.74, 6) is -0.413. The maximum Gasteiger partial charge on any atom is 0.172 e. The fourth-order valence-electron chi connectivity index (χ4n) is 1.14. The summed E-state index contributed by atoms with van der Waals surface area (Å²) in [7, 11) is 0. The first-order valence-corrected chi connectivity index (χ1v) is 4.26. The van der Waals surface area contributed by atoms with E-state index in [0.717, 1.165) is 0 Å². The Morgan fingerprint density at radius 2 is 2.14 bits per heavy atom. The molecule has 4 nitrogen and oxygen atoms in total. The molecule has 0 aliphatic carbocycles. The molecule has 14 heavy (non-hydrogen) atoms. The lowest BCUT2D eigenvalue weighted by Crippen LogP contribution is -2.09. The summed E-state index contributed by atoms with van der Waals surface area (Å²) in [6, 6.07) is 1.54. The van der Waals surface area contributed by atoms with Crippen molar-refractivity contribution in [2.75, 3.05) is 5.73 Å². The lowest BCUT2D eigenvalue weighted by molar-refractivity contribution is -0.116. The topological polar surface area (TPSA) is 73.0 Å². The molecule has 0 spiro atoms. The SMILES string of the molecule is CC(=O)CC(=O)c1ccnc(C)c1N. The van der Waals surface area contributed by atoms with Gasteiger partial charge < -0.3 is 5.73 Å². The van der Waals surface area contributed by atoms with Crippen LogP contribution in [0, 0.1) is 6.92 Å². The lowest BCUT2D eigenvalue weighted by atomic mass is 10.1. The number of nitrogens with two attached hydrogens (primary N) is 1. The van der Waals surface area contributed by atoms with Crippen LogP contribution in [0.15, 0.2) is 12.3 Å². The third kappa shape index (κ3) is 2.16. The predicted octanol–water partition coefficient (Wildman–Crippen LogP) is 1.13. The molecule has 0 saturated heterocycles. The molecule has 0 amide bonds. The number of nitrogens with zero attached hydrogens (tertiary/aromatic N) is 1. The Morgan fingerprint density at radius 3 is 2.71 bits per heavy atom. The van der Waals surface area contributed by atoms with Gasteiger partial charge in [0.1, 0.15) is 5.78 Å². The second-order valence-corrected chi connectivity index (χ2v) is 3.16. The van der Waals surface area contributed by atoms with Crippen molar-refractivity contribution in [3.05, 3.63) is 23.5 Å². The quantitative estimate of drug-likeness (QED) is 0.575. The summed E-state index contributed by atoms with van der Waals surface area (Å²) in [5.41, 5.74) is 7.02. The van der Waals surface area contributed by atoms with E-state index in [1.807, 2.05) is 0 Å². The largest absolute Gasteiger partial charge is 0.397 e. The van der Waals surface area contributed by atoms with Gasteiger partial charge in [0, 0.05) is 11.8 Å². The molecular weight excluding hydrogens is 180 g/mol. The first-order chi connectivity index (χ1) is 6.52. The van der Waals surface area contributed by atoms with Crippen LogP contribution in [-0.4, -0.2) is 16.6 Å². The average molecular weight is 192 g/mol. The number of aryl methyl sites for hydroxylation is 1. The van der Waals surface area contributed by atoms with Crippen molar-refractivity contribution in [2.24, 2.45) is 0 Å². The molecule has 0 fully saturated rings.